The maximum atomic E-state index is 12.9. The Bertz CT molecular complexity index is 1190. The van der Waals surface area contributed by atoms with Gasteiger partial charge in [0.1, 0.15) is 11.5 Å². The van der Waals surface area contributed by atoms with Crippen LogP contribution in [-0.2, 0) is 20.2 Å². The fourth-order valence-electron chi connectivity index (χ4n) is 2.78. The van der Waals surface area contributed by atoms with Gasteiger partial charge in [-0.1, -0.05) is 53.6 Å². The third-order valence-corrected chi connectivity index (χ3v) is 6.43. The second kappa shape index (κ2) is 8.04. The molecule has 2 N–H and O–H groups in total. The molecular weight excluding hydrogens is 426 g/mol. The maximum Gasteiger partial charge on any atom is 0.313 e. The standard InChI is InChI=1S/C21H20ClN3O4S/c1-13-4-6-14(7-5-13)17-18(22)23-12-24-19(17)25-30(28,29)16-10-8-15(9-11-16)21(2,3)20(26)27/h4-12H,1-3H3,(H,26,27)(H,23,24,25). The number of hydrogen-bond acceptors (Lipinski definition) is 5. The molecule has 1 heterocycles. The molecule has 0 bridgehead atoms. The zero-order valence-corrected chi connectivity index (χ0v) is 18.1. The highest BCUT2D eigenvalue weighted by Gasteiger charge is 2.30. The van der Waals surface area contributed by atoms with Gasteiger partial charge in [0.25, 0.3) is 10.0 Å². The fraction of sp³-hybridized carbons (Fsp3) is 0.190. The van der Waals surface area contributed by atoms with Crippen molar-refractivity contribution >= 4 is 33.4 Å². The van der Waals surface area contributed by atoms with Crippen molar-refractivity contribution < 1.29 is 18.3 Å². The van der Waals surface area contributed by atoms with Crippen LogP contribution in [0.5, 0.6) is 0 Å². The molecule has 0 saturated heterocycles. The third-order valence-electron chi connectivity index (χ3n) is 4.79. The summed E-state index contributed by atoms with van der Waals surface area (Å²) in [5.74, 6) is -0.955. The number of aliphatic carboxylic acids is 1. The highest BCUT2D eigenvalue weighted by molar-refractivity contribution is 7.92. The SMILES string of the molecule is Cc1ccc(-c2c(Cl)ncnc2NS(=O)(=O)c2ccc(C(C)(C)C(=O)O)cc2)cc1. The molecule has 0 aliphatic rings. The zero-order valence-electron chi connectivity index (χ0n) is 16.5. The van der Waals surface area contributed by atoms with E-state index in [9.17, 15) is 18.3 Å². The van der Waals surface area contributed by atoms with Gasteiger partial charge in [0.05, 0.1) is 15.9 Å². The van der Waals surface area contributed by atoms with Crippen LogP contribution in [0.15, 0.2) is 59.8 Å². The summed E-state index contributed by atoms with van der Waals surface area (Å²) in [4.78, 5) is 19.4. The van der Waals surface area contributed by atoms with E-state index in [1.165, 1.54) is 30.6 Å². The van der Waals surface area contributed by atoms with Gasteiger partial charge in [0, 0.05) is 0 Å². The van der Waals surface area contributed by atoms with Gasteiger partial charge in [0.2, 0.25) is 0 Å². The molecule has 7 nitrogen and oxygen atoms in total. The number of anilines is 1. The van der Waals surface area contributed by atoms with Crippen molar-refractivity contribution in [3.8, 4) is 11.1 Å². The molecule has 3 aromatic rings. The normalized spacial score (nSPS) is 11.9. The van der Waals surface area contributed by atoms with Crippen LogP contribution in [0.4, 0.5) is 5.82 Å². The van der Waals surface area contributed by atoms with Crippen molar-refractivity contribution in [2.45, 2.75) is 31.1 Å². The Morgan fingerprint density at radius 3 is 2.20 bits per heavy atom. The second-order valence-electron chi connectivity index (χ2n) is 7.31. The van der Waals surface area contributed by atoms with E-state index in [2.05, 4.69) is 14.7 Å². The molecule has 0 radical (unpaired) electrons. The van der Waals surface area contributed by atoms with Gasteiger partial charge in [-0.25, -0.2) is 18.4 Å². The van der Waals surface area contributed by atoms with Crippen LogP contribution in [-0.4, -0.2) is 29.5 Å². The number of halogens is 1. The average Bonchev–Trinajstić information content (AvgIpc) is 2.69. The highest BCUT2D eigenvalue weighted by Crippen LogP contribution is 2.33. The molecule has 0 atom stereocenters. The quantitative estimate of drug-likeness (QED) is 0.548. The number of nitrogens with zero attached hydrogens (tertiary/aromatic N) is 2. The van der Waals surface area contributed by atoms with Crippen LogP contribution in [0.2, 0.25) is 5.15 Å². The Hall–Kier alpha value is -2.97. The van der Waals surface area contributed by atoms with Gasteiger partial charge in [-0.05, 0) is 44.0 Å². The lowest BCUT2D eigenvalue weighted by Gasteiger charge is -2.20. The summed E-state index contributed by atoms with van der Waals surface area (Å²) < 4.78 is 28.3. The van der Waals surface area contributed by atoms with Crippen molar-refractivity contribution in [1.29, 1.82) is 0 Å². The van der Waals surface area contributed by atoms with Gasteiger partial charge in [-0.2, -0.15) is 0 Å². The molecule has 0 saturated carbocycles. The van der Waals surface area contributed by atoms with Gasteiger partial charge >= 0.3 is 5.97 Å². The number of aromatic nitrogens is 2. The minimum atomic E-state index is -4.00. The van der Waals surface area contributed by atoms with E-state index in [0.717, 1.165) is 5.56 Å². The van der Waals surface area contributed by atoms with Gasteiger partial charge in [-0.3, -0.25) is 9.52 Å². The van der Waals surface area contributed by atoms with E-state index < -0.39 is 21.4 Å². The Balaban J connectivity index is 1.98. The maximum absolute atomic E-state index is 12.9. The van der Waals surface area contributed by atoms with Crippen molar-refractivity contribution in [3.63, 3.8) is 0 Å². The fourth-order valence-corrected chi connectivity index (χ4v) is 4.04. The summed E-state index contributed by atoms with van der Waals surface area (Å²) in [6.07, 6.45) is 1.18. The monoisotopic (exact) mass is 445 g/mol. The summed E-state index contributed by atoms with van der Waals surface area (Å²) in [5.41, 5.74) is 1.42. The van der Waals surface area contributed by atoms with E-state index in [1.807, 2.05) is 19.1 Å². The minimum absolute atomic E-state index is 0.0305. The first-order valence-corrected chi connectivity index (χ1v) is 10.8. The molecule has 1 aromatic heterocycles. The molecule has 0 spiro atoms. The smallest absolute Gasteiger partial charge is 0.313 e. The molecule has 0 fully saturated rings. The number of carboxylic acid groups (broad SMARTS) is 1. The predicted molar refractivity (Wildman–Crippen MR) is 115 cm³/mol. The zero-order chi connectivity index (χ0) is 22.1. The number of rotatable bonds is 6. The van der Waals surface area contributed by atoms with E-state index in [1.54, 1.807) is 26.0 Å². The number of carboxylic acids is 1. The molecule has 0 aliphatic carbocycles. The Morgan fingerprint density at radius 1 is 1.03 bits per heavy atom. The number of nitrogens with one attached hydrogen (secondary N) is 1. The summed E-state index contributed by atoms with van der Waals surface area (Å²) in [6.45, 7) is 5.04. The van der Waals surface area contributed by atoms with Crippen LogP contribution in [0.1, 0.15) is 25.0 Å². The first-order valence-electron chi connectivity index (χ1n) is 8.96. The Kier molecular flexibility index (Phi) is 5.83. The molecule has 9 heteroatoms. The first-order chi connectivity index (χ1) is 14.0. The van der Waals surface area contributed by atoms with E-state index in [4.69, 9.17) is 11.6 Å². The van der Waals surface area contributed by atoms with Gasteiger partial charge < -0.3 is 5.11 Å². The molecule has 156 valence electrons. The topological polar surface area (TPSA) is 109 Å². The van der Waals surface area contributed by atoms with Crippen LogP contribution in [0, 0.1) is 6.92 Å². The number of aryl methyl sites for hydroxylation is 1. The number of sulfonamides is 1. The Morgan fingerprint density at radius 2 is 1.63 bits per heavy atom. The van der Waals surface area contributed by atoms with Gasteiger partial charge in [-0.15, -0.1) is 0 Å². The summed E-state index contributed by atoms with van der Waals surface area (Å²) in [5, 5.41) is 9.46. The molecule has 0 unspecified atom stereocenters. The Labute approximate surface area is 179 Å². The van der Waals surface area contributed by atoms with Crippen molar-refractivity contribution in [3.05, 3.63) is 71.1 Å². The summed E-state index contributed by atoms with van der Waals surface area (Å²) >= 11 is 6.24. The largest absolute Gasteiger partial charge is 0.481 e. The van der Waals surface area contributed by atoms with Crippen LogP contribution >= 0.6 is 11.6 Å². The second-order valence-corrected chi connectivity index (χ2v) is 9.35. The molecule has 0 amide bonds. The lowest BCUT2D eigenvalue weighted by Crippen LogP contribution is -2.28. The van der Waals surface area contributed by atoms with Crippen molar-refractivity contribution in [1.82, 2.24) is 9.97 Å². The average molecular weight is 446 g/mol. The lowest BCUT2D eigenvalue weighted by molar-refractivity contribution is -0.142. The number of hydrogen-bond donors (Lipinski definition) is 2. The van der Waals surface area contributed by atoms with E-state index in [0.29, 0.717) is 16.7 Å². The molecule has 2 aromatic carbocycles. The predicted octanol–water partition coefficient (Wildman–Crippen LogP) is 4.27. The molecule has 0 aliphatic heterocycles. The van der Waals surface area contributed by atoms with Crippen molar-refractivity contribution in [2.75, 3.05) is 4.72 Å². The molecule has 30 heavy (non-hydrogen) atoms. The first kappa shape index (κ1) is 21.7. The van der Waals surface area contributed by atoms with Gasteiger partial charge in [0.15, 0.2) is 5.82 Å². The van der Waals surface area contributed by atoms with E-state index >= 15 is 0 Å². The molecular formula is C21H20ClN3O4S. The van der Waals surface area contributed by atoms with E-state index in [-0.39, 0.29) is 15.9 Å². The lowest BCUT2D eigenvalue weighted by atomic mass is 9.85. The highest BCUT2D eigenvalue weighted by atomic mass is 35.5. The summed E-state index contributed by atoms with van der Waals surface area (Å²) in [7, 11) is -4.00. The minimum Gasteiger partial charge on any atom is -0.481 e. The number of carbonyl (C=O) groups is 1. The van der Waals surface area contributed by atoms with Crippen molar-refractivity contribution in [2.24, 2.45) is 0 Å². The number of benzene rings is 2. The van der Waals surface area contributed by atoms with Crippen LogP contribution in [0.3, 0.4) is 0 Å². The van der Waals surface area contributed by atoms with Crippen LogP contribution in [0.25, 0.3) is 11.1 Å². The molecule has 3 rings (SSSR count). The van der Waals surface area contributed by atoms with Crippen LogP contribution < -0.4 is 4.72 Å². The summed E-state index contributed by atoms with van der Waals surface area (Å²) in [6, 6.07) is 13.0. The third kappa shape index (κ3) is 4.29.